The van der Waals surface area contributed by atoms with E-state index in [4.69, 9.17) is 5.11 Å². The van der Waals surface area contributed by atoms with Crippen molar-refractivity contribution in [1.29, 1.82) is 0 Å². The van der Waals surface area contributed by atoms with Gasteiger partial charge in [-0.15, -0.1) is 0 Å². The molecular weight excluding hydrogens is 168 g/mol. The monoisotopic (exact) mass is 180 g/mol. The summed E-state index contributed by atoms with van der Waals surface area (Å²) < 4.78 is 21.6. The molecule has 0 aliphatic rings. The molecule has 0 aromatic heterocycles. The largest absolute Gasteiger partial charge is 0.481 e. The van der Waals surface area contributed by atoms with Crippen molar-refractivity contribution in [2.24, 2.45) is 5.92 Å². The lowest BCUT2D eigenvalue weighted by atomic mass is 10.1. The Morgan fingerprint density at radius 1 is 1.36 bits per heavy atom. The van der Waals surface area contributed by atoms with Crippen LogP contribution >= 0.6 is 0 Å². The van der Waals surface area contributed by atoms with Gasteiger partial charge < -0.3 is 5.11 Å². The molecule has 2 atom stereocenters. The van der Waals surface area contributed by atoms with Gasteiger partial charge in [-0.2, -0.15) is 0 Å². The molecular formula is C6H12O4S. The van der Waals surface area contributed by atoms with Crippen molar-refractivity contribution in [1.82, 2.24) is 0 Å². The summed E-state index contributed by atoms with van der Waals surface area (Å²) in [6.07, 6.45) is 1.04. The number of sulfone groups is 1. The third-order valence-corrected chi connectivity index (χ3v) is 3.53. The van der Waals surface area contributed by atoms with Crippen LogP contribution in [0.3, 0.4) is 0 Å². The summed E-state index contributed by atoms with van der Waals surface area (Å²) in [5.41, 5.74) is 0. The zero-order valence-electron chi connectivity index (χ0n) is 6.73. The van der Waals surface area contributed by atoms with E-state index < -0.39 is 27.0 Å². The Balaban J connectivity index is 4.51. The lowest BCUT2D eigenvalue weighted by Crippen LogP contribution is -2.29. The van der Waals surface area contributed by atoms with Gasteiger partial charge in [0.1, 0.15) is 0 Å². The normalized spacial score (nSPS) is 17.4. The molecule has 66 valence electrons. The van der Waals surface area contributed by atoms with Crippen molar-refractivity contribution in [3.8, 4) is 0 Å². The number of carboxylic acid groups (broad SMARTS) is 1. The Bertz CT molecular complexity index is 241. The second kappa shape index (κ2) is 3.21. The van der Waals surface area contributed by atoms with Crippen LogP contribution in [-0.4, -0.2) is 31.0 Å². The smallest absolute Gasteiger partial charge is 0.307 e. The van der Waals surface area contributed by atoms with E-state index >= 15 is 0 Å². The van der Waals surface area contributed by atoms with E-state index in [0.717, 1.165) is 6.26 Å². The molecule has 11 heavy (non-hydrogen) atoms. The summed E-state index contributed by atoms with van der Waals surface area (Å²) >= 11 is 0. The average molecular weight is 180 g/mol. The Hall–Kier alpha value is -0.580. The Morgan fingerprint density at radius 3 is 1.82 bits per heavy atom. The number of aliphatic carboxylic acids is 1. The fourth-order valence-electron chi connectivity index (χ4n) is 0.572. The molecule has 0 saturated carbocycles. The topological polar surface area (TPSA) is 71.4 Å². The van der Waals surface area contributed by atoms with E-state index in [1.165, 1.54) is 13.8 Å². The standard InChI is InChI=1S/C6H12O4S/c1-4(6(7)8)5(2)11(3,9)10/h4-5H,1-3H3,(H,7,8)/t4-,5-/m0/s1. The number of rotatable bonds is 3. The highest BCUT2D eigenvalue weighted by Crippen LogP contribution is 2.10. The van der Waals surface area contributed by atoms with Gasteiger partial charge in [0.15, 0.2) is 9.84 Å². The summed E-state index contributed by atoms with van der Waals surface area (Å²) in [7, 11) is -3.23. The van der Waals surface area contributed by atoms with Crippen molar-refractivity contribution < 1.29 is 18.3 Å². The van der Waals surface area contributed by atoms with E-state index in [2.05, 4.69) is 0 Å². The minimum atomic E-state index is -3.23. The minimum Gasteiger partial charge on any atom is -0.481 e. The van der Waals surface area contributed by atoms with Gasteiger partial charge in [-0.3, -0.25) is 4.79 Å². The predicted molar refractivity (Wildman–Crippen MR) is 41.1 cm³/mol. The maximum atomic E-state index is 10.8. The summed E-state index contributed by atoms with van der Waals surface area (Å²) in [6, 6.07) is 0. The summed E-state index contributed by atoms with van der Waals surface area (Å²) in [5.74, 6) is -1.92. The fraction of sp³-hybridized carbons (Fsp3) is 0.833. The molecule has 0 saturated heterocycles. The van der Waals surface area contributed by atoms with Gasteiger partial charge in [0.05, 0.1) is 11.2 Å². The first kappa shape index (κ1) is 10.4. The van der Waals surface area contributed by atoms with E-state index in [9.17, 15) is 13.2 Å². The SMILES string of the molecule is C[C@H](C(=O)O)[C@H](C)S(C)(=O)=O. The Labute approximate surface area is 66.1 Å². The van der Waals surface area contributed by atoms with E-state index in [1.54, 1.807) is 0 Å². The van der Waals surface area contributed by atoms with Crippen LogP contribution in [0, 0.1) is 5.92 Å². The average Bonchev–Trinajstić information content (AvgIpc) is 1.82. The van der Waals surface area contributed by atoms with Crippen LogP contribution < -0.4 is 0 Å². The van der Waals surface area contributed by atoms with E-state index in [0.29, 0.717) is 0 Å². The van der Waals surface area contributed by atoms with Gasteiger partial charge in [0.25, 0.3) is 0 Å². The lowest BCUT2D eigenvalue weighted by molar-refractivity contribution is -0.141. The molecule has 0 spiro atoms. The van der Waals surface area contributed by atoms with Gasteiger partial charge in [-0.25, -0.2) is 8.42 Å². The first-order valence-electron chi connectivity index (χ1n) is 3.18. The summed E-state index contributed by atoms with van der Waals surface area (Å²) in [5, 5.41) is 7.63. The molecule has 0 rings (SSSR count). The van der Waals surface area contributed by atoms with Crippen molar-refractivity contribution in [3.63, 3.8) is 0 Å². The fourth-order valence-corrected chi connectivity index (χ4v) is 1.43. The minimum absolute atomic E-state index is 0.819. The first-order valence-corrected chi connectivity index (χ1v) is 5.14. The number of hydrogen-bond acceptors (Lipinski definition) is 3. The third kappa shape index (κ3) is 2.88. The molecule has 1 N–H and O–H groups in total. The van der Waals surface area contributed by atoms with Crippen LogP contribution in [0.2, 0.25) is 0 Å². The van der Waals surface area contributed by atoms with E-state index in [-0.39, 0.29) is 0 Å². The highest BCUT2D eigenvalue weighted by molar-refractivity contribution is 7.91. The number of carboxylic acids is 1. The highest BCUT2D eigenvalue weighted by Gasteiger charge is 2.27. The quantitative estimate of drug-likeness (QED) is 0.670. The van der Waals surface area contributed by atoms with Gasteiger partial charge in [-0.05, 0) is 6.92 Å². The molecule has 0 amide bonds. The molecule has 0 aromatic carbocycles. The molecule has 0 aliphatic carbocycles. The van der Waals surface area contributed by atoms with Crippen LogP contribution in [0.1, 0.15) is 13.8 Å². The molecule has 0 aliphatic heterocycles. The maximum absolute atomic E-state index is 10.8. The highest BCUT2D eigenvalue weighted by atomic mass is 32.2. The van der Waals surface area contributed by atoms with Crippen molar-refractivity contribution >= 4 is 15.8 Å². The molecule has 0 bridgehead atoms. The van der Waals surface area contributed by atoms with Crippen molar-refractivity contribution in [2.75, 3.05) is 6.26 Å². The van der Waals surface area contributed by atoms with Crippen LogP contribution in [0.4, 0.5) is 0 Å². The zero-order valence-corrected chi connectivity index (χ0v) is 7.55. The molecule has 0 unspecified atom stereocenters. The van der Waals surface area contributed by atoms with Crippen LogP contribution in [0.15, 0.2) is 0 Å². The molecule has 0 heterocycles. The molecule has 5 heteroatoms. The Morgan fingerprint density at radius 2 is 1.73 bits per heavy atom. The van der Waals surface area contributed by atoms with Gasteiger partial charge >= 0.3 is 5.97 Å². The second-order valence-electron chi connectivity index (χ2n) is 2.66. The summed E-state index contributed by atoms with van der Waals surface area (Å²) in [6.45, 7) is 2.78. The zero-order chi connectivity index (χ0) is 9.23. The summed E-state index contributed by atoms with van der Waals surface area (Å²) in [4.78, 5) is 10.3. The molecule has 0 aromatic rings. The van der Waals surface area contributed by atoms with E-state index in [1.807, 2.05) is 0 Å². The van der Waals surface area contributed by atoms with Crippen molar-refractivity contribution in [3.05, 3.63) is 0 Å². The molecule has 0 radical (unpaired) electrons. The number of carbonyl (C=O) groups is 1. The molecule has 4 nitrogen and oxygen atoms in total. The first-order chi connectivity index (χ1) is 4.76. The Kier molecular flexibility index (Phi) is 3.04. The van der Waals surface area contributed by atoms with Crippen LogP contribution in [0.5, 0.6) is 0 Å². The van der Waals surface area contributed by atoms with Gasteiger partial charge in [0, 0.05) is 6.26 Å². The maximum Gasteiger partial charge on any atom is 0.307 e. The predicted octanol–water partition coefficient (Wildman–Crippen LogP) is 0.140. The molecule has 0 fully saturated rings. The lowest BCUT2D eigenvalue weighted by Gasteiger charge is -2.12. The second-order valence-corrected chi connectivity index (χ2v) is 5.06. The van der Waals surface area contributed by atoms with Crippen molar-refractivity contribution in [2.45, 2.75) is 19.1 Å². The van der Waals surface area contributed by atoms with Gasteiger partial charge in [0.2, 0.25) is 0 Å². The number of hydrogen-bond donors (Lipinski definition) is 1. The van der Waals surface area contributed by atoms with Crippen LogP contribution in [-0.2, 0) is 14.6 Å². The van der Waals surface area contributed by atoms with Crippen LogP contribution in [0.25, 0.3) is 0 Å². The van der Waals surface area contributed by atoms with Gasteiger partial charge in [-0.1, -0.05) is 6.92 Å². The third-order valence-electron chi connectivity index (χ3n) is 1.77.